The Morgan fingerprint density at radius 3 is 2.33 bits per heavy atom. The van der Waals surface area contributed by atoms with E-state index >= 15 is 0 Å². The standard InChI is InChI=1S/C18H18BrN5/c1-11-8-13(19)9-12(2)17(11)23-16-10-15(22-18(20-3)24-16)14-6-4-5-7-21-14/h4-10H,1-3H3,(H2,20,22,23,24). The van der Waals surface area contributed by atoms with Crippen LogP contribution < -0.4 is 10.6 Å². The average Bonchev–Trinajstić information content (AvgIpc) is 2.58. The summed E-state index contributed by atoms with van der Waals surface area (Å²) in [7, 11) is 1.80. The van der Waals surface area contributed by atoms with Gasteiger partial charge >= 0.3 is 0 Å². The molecule has 0 amide bonds. The van der Waals surface area contributed by atoms with Crippen LogP contribution in [0.4, 0.5) is 17.5 Å². The summed E-state index contributed by atoms with van der Waals surface area (Å²) in [6.45, 7) is 4.14. The third-order valence-corrected chi connectivity index (χ3v) is 4.09. The minimum atomic E-state index is 0.549. The Hall–Kier alpha value is -2.47. The van der Waals surface area contributed by atoms with Gasteiger partial charge in [0.05, 0.1) is 11.4 Å². The summed E-state index contributed by atoms with van der Waals surface area (Å²) >= 11 is 3.53. The number of rotatable bonds is 4. The summed E-state index contributed by atoms with van der Waals surface area (Å²) in [5, 5.41) is 6.42. The molecule has 0 bridgehead atoms. The maximum absolute atomic E-state index is 4.50. The molecule has 2 aromatic heterocycles. The summed E-state index contributed by atoms with van der Waals surface area (Å²) in [6.07, 6.45) is 1.76. The first-order chi connectivity index (χ1) is 11.6. The van der Waals surface area contributed by atoms with Crippen molar-refractivity contribution in [3.05, 3.63) is 58.2 Å². The molecule has 0 aliphatic carbocycles. The molecule has 0 radical (unpaired) electrons. The van der Waals surface area contributed by atoms with Crippen LogP contribution in [0.15, 0.2) is 47.1 Å². The van der Waals surface area contributed by atoms with Crippen molar-refractivity contribution in [3.63, 3.8) is 0 Å². The lowest BCUT2D eigenvalue weighted by Crippen LogP contribution is -2.04. The van der Waals surface area contributed by atoms with Gasteiger partial charge in [-0.1, -0.05) is 22.0 Å². The second kappa shape index (κ2) is 6.97. The first-order valence-corrected chi connectivity index (χ1v) is 8.38. The number of halogens is 1. The topological polar surface area (TPSA) is 62.7 Å². The maximum atomic E-state index is 4.50. The Kier molecular flexibility index (Phi) is 4.76. The SMILES string of the molecule is CNc1nc(Nc2c(C)cc(Br)cc2C)cc(-c2ccccn2)n1. The highest BCUT2D eigenvalue weighted by Crippen LogP contribution is 2.29. The van der Waals surface area contributed by atoms with Crippen molar-refractivity contribution in [2.24, 2.45) is 0 Å². The molecule has 6 heteroatoms. The highest BCUT2D eigenvalue weighted by atomic mass is 79.9. The summed E-state index contributed by atoms with van der Waals surface area (Å²) in [5.41, 5.74) is 4.91. The van der Waals surface area contributed by atoms with Gasteiger partial charge in [0.1, 0.15) is 5.82 Å². The van der Waals surface area contributed by atoms with Crippen LogP contribution in [-0.4, -0.2) is 22.0 Å². The molecule has 0 unspecified atom stereocenters. The maximum Gasteiger partial charge on any atom is 0.225 e. The van der Waals surface area contributed by atoms with E-state index in [2.05, 4.69) is 67.5 Å². The van der Waals surface area contributed by atoms with E-state index in [4.69, 9.17) is 0 Å². The van der Waals surface area contributed by atoms with E-state index in [1.807, 2.05) is 24.3 Å². The molecule has 24 heavy (non-hydrogen) atoms. The Morgan fingerprint density at radius 1 is 0.958 bits per heavy atom. The molecular formula is C18H18BrN5. The third-order valence-electron chi connectivity index (χ3n) is 3.63. The van der Waals surface area contributed by atoms with Crippen LogP contribution in [0, 0.1) is 13.8 Å². The van der Waals surface area contributed by atoms with Crippen molar-refractivity contribution in [1.29, 1.82) is 0 Å². The summed E-state index contributed by atoms with van der Waals surface area (Å²) in [4.78, 5) is 13.4. The van der Waals surface area contributed by atoms with E-state index in [-0.39, 0.29) is 0 Å². The van der Waals surface area contributed by atoms with Gasteiger partial charge in [0.15, 0.2) is 0 Å². The van der Waals surface area contributed by atoms with Gasteiger partial charge < -0.3 is 10.6 Å². The van der Waals surface area contributed by atoms with E-state index in [9.17, 15) is 0 Å². The van der Waals surface area contributed by atoms with E-state index in [0.717, 1.165) is 38.5 Å². The number of aromatic nitrogens is 3. The molecule has 122 valence electrons. The van der Waals surface area contributed by atoms with Gasteiger partial charge in [0, 0.05) is 29.5 Å². The first-order valence-electron chi connectivity index (χ1n) is 7.59. The summed E-state index contributed by atoms with van der Waals surface area (Å²) in [6, 6.07) is 11.8. The zero-order chi connectivity index (χ0) is 17.1. The third kappa shape index (κ3) is 3.54. The van der Waals surface area contributed by atoms with Gasteiger partial charge in [0.2, 0.25) is 5.95 Å². The normalized spacial score (nSPS) is 10.5. The fourth-order valence-electron chi connectivity index (χ4n) is 2.50. The Labute approximate surface area is 149 Å². The molecule has 0 spiro atoms. The number of hydrogen-bond acceptors (Lipinski definition) is 5. The highest BCUT2D eigenvalue weighted by Gasteiger charge is 2.10. The summed E-state index contributed by atoms with van der Waals surface area (Å²) < 4.78 is 1.07. The molecule has 2 heterocycles. The van der Waals surface area contributed by atoms with Gasteiger partial charge in [-0.15, -0.1) is 0 Å². The van der Waals surface area contributed by atoms with Crippen molar-refractivity contribution < 1.29 is 0 Å². The van der Waals surface area contributed by atoms with Crippen molar-refractivity contribution in [3.8, 4) is 11.4 Å². The fraction of sp³-hybridized carbons (Fsp3) is 0.167. The summed E-state index contributed by atoms with van der Waals surface area (Å²) in [5.74, 6) is 1.27. The number of nitrogens with zero attached hydrogens (tertiary/aromatic N) is 3. The molecular weight excluding hydrogens is 366 g/mol. The monoisotopic (exact) mass is 383 g/mol. The first kappa shape index (κ1) is 16.4. The van der Waals surface area contributed by atoms with Gasteiger partial charge in [-0.2, -0.15) is 4.98 Å². The van der Waals surface area contributed by atoms with Crippen molar-refractivity contribution in [1.82, 2.24) is 15.0 Å². The average molecular weight is 384 g/mol. The molecule has 0 aliphatic heterocycles. The lowest BCUT2D eigenvalue weighted by molar-refractivity contribution is 1.14. The second-order valence-electron chi connectivity index (χ2n) is 5.47. The van der Waals surface area contributed by atoms with E-state index in [1.54, 1.807) is 13.2 Å². The zero-order valence-corrected chi connectivity index (χ0v) is 15.3. The zero-order valence-electron chi connectivity index (χ0n) is 13.8. The number of benzene rings is 1. The molecule has 1 aromatic carbocycles. The fourth-order valence-corrected chi connectivity index (χ4v) is 3.19. The van der Waals surface area contributed by atoms with E-state index in [0.29, 0.717) is 5.95 Å². The van der Waals surface area contributed by atoms with Gasteiger partial charge in [-0.25, -0.2) is 4.98 Å². The number of anilines is 3. The minimum absolute atomic E-state index is 0.549. The largest absolute Gasteiger partial charge is 0.357 e. The molecule has 3 rings (SSSR count). The number of aryl methyl sites for hydroxylation is 2. The van der Waals surface area contributed by atoms with Crippen LogP contribution in [0.25, 0.3) is 11.4 Å². The second-order valence-corrected chi connectivity index (χ2v) is 6.38. The predicted octanol–water partition coefficient (Wildman–Crippen LogP) is 4.70. The van der Waals surface area contributed by atoms with Gasteiger partial charge in [-0.05, 0) is 49.2 Å². The molecule has 5 nitrogen and oxygen atoms in total. The molecule has 0 saturated carbocycles. The minimum Gasteiger partial charge on any atom is -0.357 e. The van der Waals surface area contributed by atoms with Crippen molar-refractivity contribution in [2.45, 2.75) is 13.8 Å². The van der Waals surface area contributed by atoms with Crippen LogP contribution in [-0.2, 0) is 0 Å². The molecule has 0 aliphatic rings. The molecule has 0 fully saturated rings. The Morgan fingerprint density at radius 2 is 1.71 bits per heavy atom. The van der Waals surface area contributed by atoms with Gasteiger partial charge in [0.25, 0.3) is 0 Å². The Bertz CT molecular complexity index is 842. The quantitative estimate of drug-likeness (QED) is 0.683. The van der Waals surface area contributed by atoms with Gasteiger partial charge in [-0.3, -0.25) is 4.98 Å². The number of pyridine rings is 1. The van der Waals surface area contributed by atoms with Crippen LogP contribution in [0.1, 0.15) is 11.1 Å². The lowest BCUT2D eigenvalue weighted by atomic mass is 10.1. The lowest BCUT2D eigenvalue weighted by Gasteiger charge is -2.14. The van der Waals surface area contributed by atoms with E-state index < -0.39 is 0 Å². The molecule has 0 atom stereocenters. The van der Waals surface area contributed by atoms with Crippen LogP contribution in [0.3, 0.4) is 0 Å². The number of nitrogens with one attached hydrogen (secondary N) is 2. The predicted molar refractivity (Wildman–Crippen MR) is 102 cm³/mol. The van der Waals surface area contributed by atoms with Crippen LogP contribution >= 0.6 is 15.9 Å². The van der Waals surface area contributed by atoms with Crippen LogP contribution in [0.2, 0.25) is 0 Å². The van der Waals surface area contributed by atoms with Crippen molar-refractivity contribution in [2.75, 3.05) is 17.7 Å². The number of hydrogen-bond donors (Lipinski definition) is 2. The smallest absolute Gasteiger partial charge is 0.225 e. The van der Waals surface area contributed by atoms with Crippen LogP contribution in [0.5, 0.6) is 0 Å². The Balaban J connectivity index is 2.03. The molecule has 2 N–H and O–H groups in total. The molecule has 3 aromatic rings. The van der Waals surface area contributed by atoms with Crippen molar-refractivity contribution >= 4 is 33.4 Å². The highest BCUT2D eigenvalue weighted by molar-refractivity contribution is 9.10. The van der Waals surface area contributed by atoms with E-state index in [1.165, 1.54) is 0 Å². The molecule has 0 saturated heterocycles.